The molecule has 1 aliphatic carbocycles. The van der Waals surface area contributed by atoms with Gasteiger partial charge in [0.1, 0.15) is 0 Å². The Bertz CT molecular complexity index is 309. The van der Waals surface area contributed by atoms with Crippen LogP contribution >= 0.6 is 0 Å². The van der Waals surface area contributed by atoms with Gasteiger partial charge in [0.15, 0.2) is 0 Å². The number of carboxylic acids is 1. The summed E-state index contributed by atoms with van der Waals surface area (Å²) >= 11 is 0. The summed E-state index contributed by atoms with van der Waals surface area (Å²) in [6, 6.07) is -0.192. The van der Waals surface area contributed by atoms with E-state index in [1.165, 1.54) is 17.7 Å². The minimum absolute atomic E-state index is 0.192. The van der Waals surface area contributed by atoms with Crippen molar-refractivity contribution in [3.8, 4) is 0 Å². The maximum absolute atomic E-state index is 11.6. The average Bonchev–Trinajstić information content (AvgIpc) is 2.74. The summed E-state index contributed by atoms with van der Waals surface area (Å²) in [7, 11) is 0. The maximum Gasteiger partial charge on any atom is 0.317 e. The van der Waals surface area contributed by atoms with Crippen LogP contribution in [-0.2, 0) is 9.53 Å². The van der Waals surface area contributed by atoms with Crippen LogP contribution in [-0.4, -0.2) is 54.4 Å². The van der Waals surface area contributed by atoms with Crippen LogP contribution in [0.2, 0.25) is 0 Å². The number of aliphatic carboxylic acids is 1. The second-order valence-electron chi connectivity index (χ2n) is 4.95. The molecule has 1 saturated heterocycles. The van der Waals surface area contributed by atoms with E-state index in [0.29, 0.717) is 32.3 Å². The van der Waals surface area contributed by atoms with Gasteiger partial charge in [0.05, 0.1) is 18.6 Å². The molecule has 6 nitrogen and oxygen atoms in total. The first-order chi connectivity index (χ1) is 8.66. The minimum atomic E-state index is -0.830. The van der Waals surface area contributed by atoms with Gasteiger partial charge in [-0.1, -0.05) is 12.8 Å². The number of carbonyl (C=O) groups excluding carboxylic acids is 1. The molecule has 2 rings (SSSR count). The van der Waals surface area contributed by atoms with Gasteiger partial charge < -0.3 is 20.1 Å². The van der Waals surface area contributed by atoms with E-state index in [9.17, 15) is 9.59 Å². The lowest BCUT2D eigenvalue weighted by atomic mass is 10.0. The van der Waals surface area contributed by atoms with E-state index in [-0.39, 0.29) is 6.03 Å². The Kier molecular flexibility index (Phi) is 4.41. The quantitative estimate of drug-likeness (QED) is 0.709. The molecule has 0 aromatic carbocycles. The molecule has 102 valence electrons. The van der Waals surface area contributed by atoms with Gasteiger partial charge in [-0.15, -0.1) is 0 Å². The number of likely N-dealkylation sites (tertiary alicyclic amines) is 1. The van der Waals surface area contributed by atoms with E-state index in [1.54, 1.807) is 0 Å². The van der Waals surface area contributed by atoms with Crippen LogP contribution in [0.1, 0.15) is 25.7 Å². The molecule has 6 heteroatoms. The lowest BCUT2D eigenvalue weighted by Gasteiger charge is -2.36. The summed E-state index contributed by atoms with van der Waals surface area (Å²) in [6.07, 6.45) is 5.09. The van der Waals surface area contributed by atoms with Gasteiger partial charge in [-0.3, -0.25) is 4.79 Å². The Balaban J connectivity index is 1.51. The summed E-state index contributed by atoms with van der Waals surface area (Å²) < 4.78 is 5.62. The van der Waals surface area contributed by atoms with Gasteiger partial charge in [-0.05, 0) is 12.8 Å². The highest BCUT2D eigenvalue weighted by atomic mass is 16.5. The molecular weight excluding hydrogens is 236 g/mol. The Morgan fingerprint density at radius 2 is 1.94 bits per heavy atom. The number of rotatable bonds is 5. The molecule has 2 fully saturated rings. The Labute approximate surface area is 106 Å². The number of ether oxygens (including phenoxy) is 1. The van der Waals surface area contributed by atoms with Gasteiger partial charge >= 0.3 is 12.0 Å². The summed E-state index contributed by atoms with van der Waals surface area (Å²) in [6.45, 7) is 1.64. The molecule has 1 heterocycles. The first-order valence-corrected chi connectivity index (χ1v) is 6.54. The molecule has 1 saturated carbocycles. The average molecular weight is 256 g/mol. The molecule has 2 amide bonds. The second-order valence-corrected chi connectivity index (χ2v) is 4.95. The zero-order valence-electron chi connectivity index (χ0n) is 10.4. The predicted octanol–water partition coefficient (Wildman–Crippen LogP) is 0.672. The fraction of sp³-hybridized carbons (Fsp3) is 0.833. The Morgan fingerprint density at radius 3 is 2.56 bits per heavy atom. The highest BCUT2D eigenvalue weighted by Gasteiger charge is 2.35. The fourth-order valence-corrected chi connectivity index (χ4v) is 2.35. The van der Waals surface area contributed by atoms with Crippen LogP contribution in [0.3, 0.4) is 0 Å². The van der Waals surface area contributed by atoms with Crippen molar-refractivity contribution in [1.29, 1.82) is 0 Å². The van der Waals surface area contributed by atoms with Crippen molar-refractivity contribution >= 4 is 12.0 Å². The third kappa shape index (κ3) is 3.35. The molecule has 0 spiro atoms. The minimum Gasteiger partial charge on any atom is -0.481 e. The van der Waals surface area contributed by atoms with Crippen molar-refractivity contribution in [2.75, 3.05) is 26.2 Å². The van der Waals surface area contributed by atoms with Crippen molar-refractivity contribution in [2.45, 2.75) is 31.8 Å². The third-order valence-corrected chi connectivity index (χ3v) is 3.55. The Morgan fingerprint density at radius 1 is 1.28 bits per heavy atom. The molecule has 2 aliphatic rings. The van der Waals surface area contributed by atoms with E-state index < -0.39 is 11.9 Å². The number of hydrogen-bond acceptors (Lipinski definition) is 3. The van der Waals surface area contributed by atoms with Crippen LogP contribution in [0.5, 0.6) is 0 Å². The van der Waals surface area contributed by atoms with Crippen LogP contribution < -0.4 is 5.32 Å². The van der Waals surface area contributed by atoms with E-state index >= 15 is 0 Å². The molecule has 0 radical (unpaired) electrons. The highest BCUT2D eigenvalue weighted by Crippen LogP contribution is 2.20. The zero-order valence-corrected chi connectivity index (χ0v) is 10.4. The summed E-state index contributed by atoms with van der Waals surface area (Å²) in [5.74, 6) is -1.23. The summed E-state index contributed by atoms with van der Waals surface area (Å²) in [5, 5.41) is 11.4. The predicted molar refractivity (Wildman–Crippen MR) is 64.3 cm³/mol. The van der Waals surface area contributed by atoms with Crippen molar-refractivity contribution in [1.82, 2.24) is 10.2 Å². The number of nitrogens with one attached hydrogen (secondary N) is 1. The van der Waals surface area contributed by atoms with Crippen molar-refractivity contribution in [3.63, 3.8) is 0 Å². The number of carbonyl (C=O) groups is 2. The lowest BCUT2D eigenvalue weighted by molar-refractivity contribution is -0.146. The lowest BCUT2D eigenvalue weighted by Crippen LogP contribution is -2.56. The molecule has 0 aromatic heterocycles. The zero-order chi connectivity index (χ0) is 13.0. The standard InChI is InChI=1S/C12H20N2O4/c15-11(16)9-7-14(8-9)12(17)13-5-6-18-10-3-1-2-4-10/h9-10H,1-8H2,(H,13,17)(H,15,16). The smallest absolute Gasteiger partial charge is 0.317 e. The maximum atomic E-state index is 11.6. The van der Waals surface area contributed by atoms with Gasteiger partial charge in [0, 0.05) is 19.6 Å². The molecule has 0 atom stereocenters. The monoisotopic (exact) mass is 256 g/mol. The number of urea groups is 1. The largest absolute Gasteiger partial charge is 0.481 e. The van der Waals surface area contributed by atoms with Gasteiger partial charge in [-0.25, -0.2) is 4.79 Å². The third-order valence-electron chi connectivity index (χ3n) is 3.55. The van der Waals surface area contributed by atoms with E-state index in [1.807, 2.05) is 0 Å². The van der Waals surface area contributed by atoms with Gasteiger partial charge in [-0.2, -0.15) is 0 Å². The SMILES string of the molecule is O=C(O)C1CN(C(=O)NCCOC2CCCC2)C1. The fourth-order valence-electron chi connectivity index (χ4n) is 2.35. The molecule has 1 aliphatic heterocycles. The topological polar surface area (TPSA) is 78.9 Å². The number of hydrogen-bond donors (Lipinski definition) is 2. The van der Waals surface area contributed by atoms with Gasteiger partial charge in [0.2, 0.25) is 0 Å². The first-order valence-electron chi connectivity index (χ1n) is 6.54. The Hall–Kier alpha value is -1.30. The van der Waals surface area contributed by atoms with E-state index in [0.717, 1.165) is 12.8 Å². The van der Waals surface area contributed by atoms with Crippen molar-refractivity contribution < 1.29 is 19.4 Å². The first kappa shape index (κ1) is 13.1. The summed E-state index contributed by atoms with van der Waals surface area (Å²) in [5.41, 5.74) is 0. The normalized spacial score (nSPS) is 20.8. The molecule has 0 unspecified atom stereocenters. The number of carboxylic acid groups (broad SMARTS) is 1. The number of amides is 2. The van der Waals surface area contributed by atoms with Crippen LogP contribution in [0, 0.1) is 5.92 Å². The highest BCUT2D eigenvalue weighted by molar-refractivity contribution is 5.79. The molecule has 0 aromatic rings. The van der Waals surface area contributed by atoms with Crippen LogP contribution in [0.25, 0.3) is 0 Å². The second kappa shape index (κ2) is 6.04. The summed E-state index contributed by atoms with van der Waals surface area (Å²) in [4.78, 5) is 23.6. The van der Waals surface area contributed by atoms with Crippen LogP contribution in [0.15, 0.2) is 0 Å². The van der Waals surface area contributed by atoms with Crippen molar-refractivity contribution in [2.24, 2.45) is 5.92 Å². The molecular formula is C12H20N2O4. The van der Waals surface area contributed by atoms with Crippen molar-refractivity contribution in [3.05, 3.63) is 0 Å². The van der Waals surface area contributed by atoms with Crippen LogP contribution in [0.4, 0.5) is 4.79 Å². The van der Waals surface area contributed by atoms with E-state index in [2.05, 4.69) is 5.32 Å². The van der Waals surface area contributed by atoms with E-state index in [4.69, 9.17) is 9.84 Å². The number of nitrogens with zero attached hydrogens (tertiary/aromatic N) is 1. The molecule has 0 bridgehead atoms. The molecule has 18 heavy (non-hydrogen) atoms. The molecule has 2 N–H and O–H groups in total. The van der Waals surface area contributed by atoms with Gasteiger partial charge in [0.25, 0.3) is 0 Å².